The highest BCUT2D eigenvalue weighted by Gasteiger charge is 2.06. The van der Waals surface area contributed by atoms with Crippen LogP contribution >= 0.6 is 0 Å². The van der Waals surface area contributed by atoms with Crippen molar-refractivity contribution in [2.45, 2.75) is 20.4 Å². The Bertz CT molecular complexity index is 756. The molecule has 4 heteroatoms. The van der Waals surface area contributed by atoms with Crippen molar-refractivity contribution in [3.05, 3.63) is 62.4 Å². The number of nitrogens with zero attached hydrogens (tertiary/aromatic N) is 2. The first kappa shape index (κ1) is 12.9. The van der Waals surface area contributed by atoms with Crippen molar-refractivity contribution < 1.29 is 0 Å². The highest BCUT2D eigenvalue weighted by atomic mass is 16.2. The highest BCUT2D eigenvalue weighted by Crippen LogP contribution is 2.11. The lowest BCUT2D eigenvalue weighted by molar-refractivity contribution is 0.744. The fourth-order valence-corrected chi connectivity index (χ4v) is 2.02. The van der Waals surface area contributed by atoms with E-state index < -0.39 is 11.1 Å². The van der Waals surface area contributed by atoms with E-state index in [9.17, 15) is 9.59 Å². The molecule has 1 heterocycles. The van der Waals surface area contributed by atoms with Crippen molar-refractivity contribution in [1.82, 2.24) is 9.13 Å². The summed E-state index contributed by atoms with van der Waals surface area (Å²) in [6.45, 7) is 3.99. The number of hydrogen-bond donors (Lipinski definition) is 0. The quantitative estimate of drug-likeness (QED) is 0.598. The second-order valence-electron chi connectivity index (χ2n) is 4.46. The molecule has 0 unspecified atom stereocenters. The predicted molar refractivity (Wildman–Crippen MR) is 74.6 cm³/mol. The summed E-state index contributed by atoms with van der Waals surface area (Å²) in [4.78, 5) is 23.9. The van der Waals surface area contributed by atoms with E-state index in [0.29, 0.717) is 5.69 Å². The Hall–Kier alpha value is -2.54. The third-order valence-corrected chi connectivity index (χ3v) is 2.80. The molecule has 2 rings (SSSR count). The van der Waals surface area contributed by atoms with E-state index in [4.69, 9.17) is 6.42 Å². The normalized spacial score (nSPS) is 10.2. The van der Waals surface area contributed by atoms with Crippen LogP contribution in [0.25, 0.3) is 5.69 Å². The topological polar surface area (TPSA) is 44.0 Å². The van der Waals surface area contributed by atoms with Crippen LogP contribution in [0.4, 0.5) is 0 Å². The standard InChI is InChI=1S/C15H14N2O2/c1-4-5-16-6-7-17(15(19)14(16)18)13-9-11(2)8-12(3)10-13/h1,6-10H,5H2,2-3H3. The largest absolute Gasteiger partial charge is 0.321 e. The van der Waals surface area contributed by atoms with Crippen molar-refractivity contribution in [3.63, 3.8) is 0 Å². The number of hydrogen-bond acceptors (Lipinski definition) is 2. The zero-order valence-electron chi connectivity index (χ0n) is 10.9. The summed E-state index contributed by atoms with van der Waals surface area (Å²) in [6.07, 6.45) is 8.24. The molecular formula is C15H14N2O2. The maximum atomic E-state index is 12.0. The SMILES string of the molecule is C#CCn1ccn(-c2cc(C)cc(C)c2)c(=O)c1=O. The second-order valence-corrected chi connectivity index (χ2v) is 4.46. The Balaban J connectivity index is 2.65. The Kier molecular flexibility index (Phi) is 3.39. The lowest BCUT2D eigenvalue weighted by atomic mass is 10.1. The highest BCUT2D eigenvalue weighted by molar-refractivity contribution is 5.39. The lowest BCUT2D eigenvalue weighted by Gasteiger charge is -2.09. The number of aryl methyl sites for hydroxylation is 2. The first-order valence-corrected chi connectivity index (χ1v) is 5.87. The van der Waals surface area contributed by atoms with Gasteiger partial charge in [-0.25, -0.2) is 0 Å². The van der Waals surface area contributed by atoms with Crippen LogP contribution in [0.5, 0.6) is 0 Å². The van der Waals surface area contributed by atoms with Crippen molar-refractivity contribution >= 4 is 0 Å². The fraction of sp³-hybridized carbons (Fsp3) is 0.200. The van der Waals surface area contributed by atoms with Gasteiger partial charge < -0.3 is 0 Å². The third-order valence-electron chi connectivity index (χ3n) is 2.80. The molecule has 19 heavy (non-hydrogen) atoms. The number of rotatable bonds is 2. The molecule has 0 amide bonds. The van der Waals surface area contributed by atoms with Crippen LogP contribution < -0.4 is 11.1 Å². The van der Waals surface area contributed by atoms with Crippen LogP contribution in [0.15, 0.2) is 40.2 Å². The molecular weight excluding hydrogens is 240 g/mol. The lowest BCUT2D eigenvalue weighted by Crippen LogP contribution is -2.39. The van der Waals surface area contributed by atoms with Crippen LogP contribution in [-0.2, 0) is 6.54 Å². The maximum absolute atomic E-state index is 12.0. The summed E-state index contributed by atoms with van der Waals surface area (Å²) in [5, 5.41) is 0. The summed E-state index contributed by atoms with van der Waals surface area (Å²) in [7, 11) is 0. The van der Waals surface area contributed by atoms with Crippen molar-refractivity contribution in [3.8, 4) is 18.0 Å². The summed E-state index contributed by atoms with van der Waals surface area (Å²) >= 11 is 0. The van der Waals surface area contributed by atoms with Gasteiger partial charge in [0.15, 0.2) is 0 Å². The van der Waals surface area contributed by atoms with Gasteiger partial charge >= 0.3 is 11.1 Å². The molecule has 0 bridgehead atoms. The van der Waals surface area contributed by atoms with Crippen molar-refractivity contribution in [1.29, 1.82) is 0 Å². The first-order valence-electron chi connectivity index (χ1n) is 5.87. The van der Waals surface area contributed by atoms with E-state index in [-0.39, 0.29) is 6.54 Å². The number of benzene rings is 1. The molecule has 1 aromatic carbocycles. The van der Waals surface area contributed by atoms with Gasteiger partial charge in [-0.1, -0.05) is 12.0 Å². The van der Waals surface area contributed by atoms with Gasteiger partial charge in [0.05, 0.1) is 6.54 Å². The molecule has 4 nitrogen and oxygen atoms in total. The third kappa shape index (κ3) is 2.50. The van der Waals surface area contributed by atoms with Gasteiger partial charge in [-0.2, -0.15) is 0 Å². The molecule has 96 valence electrons. The van der Waals surface area contributed by atoms with E-state index >= 15 is 0 Å². The summed E-state index contributed by atoms with van der Waals surface area (Å²) in [5.74, 6) is 2.34. The fourth-order valence-electron chi connectivity index (χ4n) is 2.02. The van der Waals surface area contributed by atoms with E-state index in [1.807, 2.05) is 32.0 Å². The first-order chi connectivity index (χ1) is 9.02. The van der Waals surface area contributed by atoms with Crippen LogP contribution in [-0.4, -0.2) is 9.13 Å². The van der Waals surface area contributed by atoms with Crippen molar-refractivity contribution in [2.24, 2.45) is 0 Å². The minimum atomic E-state index is -0.611. The molecule has 0 aliphatic rings. The van der Waals surface area contributed by atoms with Gasteiger partial charge in [0.1, 0.15) is 0 Å². The average molecular weight is 254 g/mol. The molecule has 0 saturated carbocycles. The zero-order valence-corrected chi connectivity index (χ0v) is 10.9. The van der Waals surface area contributed by atoms with Crippen molar-refractivity contribution in [2.75, 3.05) is 0 Å². The molecule has 0 N–H and O–H groups in total. The molecule has 2 aromatic rings. The van der Waals surface area contributed by atoms with Crippen LogP contribution in [0.2, 0.25) is 0 Å². The molecule has 0 atom stereocenters. The molecule has 0 spiro atoms. The number of aromatic nitrogens is 2. The Labute approximate surface area is 110 Å². The summed E-state index contributed by atoms with van der Waals surface area (Å²) in [5.41, 5.74) is 1.55. The van der Waals surface area contributed by atoms with Crippen LogP contribution in [0.1, 0.15) is 11.1 Å². The van der Waals surface area contributed by atoms with Gasteiger partial charge in [-0.05, 0) is 37.1 Å². The number of terminal acetylenes is 1. The van der Waals surface area contributed by atoms with Crippen LogP contribution in [0.3, 0.4) is 0 Å². The summed E-state index contributed by atoms with van der Waals surface area (Å²) in [6, 6.07) is 5.73. The van der Waals surface area contributed by atoms with Crippen LogP contribution in [0, 0.1) is 26.2 Å². The van der Waals surface area contributed by atoms with Gasteiger partial charge in [0.2, 0.25) is 0 Å². The van der Waals surface area contributed by atoms with Gasteiger partial charge in [-0.3, -0.25) is 18.7 Å². The van der Waals surface area contributed by atoms with Gasteiger partial charge in [0, 0.05) is 18.1 Å². The molecule has 0 aliphatic heterocycles. The zero-order chi connectivity index (χ0) is 14.0. The monoisotopic (exact) mass is 254 g/mol. The minimum Gasteiger partial charge on any atom is -0.298 e. The molecule has 0 radical (unpaired) electrons. The maximum Gasteiger partial charge on any atom is 0.321 e. The minimum absolute atomic E-state index is 0.0990. The Morgan fingerprint density at radius 3 is 2.26 bits per heavy atom. The molecule has 0 aliphatic carbocycles. The Morgan fingerprint density at radius 2 is 1.68 bits per heavy atom. The molecule has 0 fully saturated rings. The Morgan fingerprint density at radius 1 is 1.05 bits per heavy atom. The van der Waals surface area contributed by atoms with Gasteiger partial charge in [-0.15, -0.1) is 6.42 Å². The van der Waals surface area contributed by atoms with E-state index in [1.165, 1.54) is 15.3 Å². The molecule has 0 saturated heterocycles. The molecule has 1 aromatic heterocycles. The predicted octanol–water partition coefficient (Wildman–Crippen LogP) is 1.25. The average Bonchev–Trinajstić information content (AvgIpc) is 2.34. The van der Waals surface area contributed by atoms with E-state index in [1.54, 1.807) is 6.20 Å². The smallest absolute Gasteiger partial charge is 0.298 e. The van der Waals surface area contributed by atoms with E-state index in [0.717, 1.165) is 11.1 Å². The van der Waals surface area contributed by atoms with Gasteiger partial charge in [0.25, 0.3) is 0 Å². The summed E-state index contributed by atoms with van der Waals surface area (Å²) < 4.78 is 2.57. The second kappa shape index (κ2) is 4.99. The van der Waals surface area contributed by atoms with E-state index in [2.05, 4.69) is 5.92 Å².